The third-order valence-corrected chi connectivity index (χ3v) is 2.29. The molecule has 0 aliphatic carbocycles. The lowest BCUT2D eigenvalue weighted by Gasteiger charge is -1.99. The fraction of sp³-hybridized carbons (Fsp3) is 0.400. The van der Waals surface area contributed by atoms with Gasteiger partial charge < -0.3 is 5.73 Å². The summed E-state index contributed by atoms with van der Waals surface area (Å²) in [6.45, 7) is 2.16. The summed E-state index contributed by atoms with van der Waals surface area (Å²) in [5.74, 6) is 0.995. The molecular formula is C10H14N4. The van der Waals surface area contributed by atoms with E-state index in [1.807, 2.05) is 22.7 Å². The molecule has 0 atom stereocenters. The number of nitrogens with zero attached hydrogens (tertiary/aromatic N) is 3. The highest BCUT2D eigenvalue weighted by molar-refractivity contribution is 5.63. The van der Waals surface area contributed by atoms with Gasteiger partial charge >= 0.3 is 0 Å². The van der Waals surface area contributed by atoms with Crippen LogP contribution in [0.25, 0.3) is 5.65 Å². The van der Waals surface area contributed by atoms with E-state index in [4.69, 9.17) is 5.73 Å². The molecule has 0 radical (unpaired) electrons. The first-order valence-corrected chi connectivity index (χ1v) is 4.91. The molecular weight excluding hydrogens is 176 g/mol. The van der Waals surface area contributed by atoms with E-state index < -0.39 is 0 Å². The number of hydrogen-bond acceptors (Lipinski definition) is 3. The fourth-order valence-corrected chi connectivity index (χ4v) is 1.49. The Morgan fingerprint density at radius 2 is 2.29 bits per heavy atom. The van der Waals surface area contributed by atoms with Crippen LogP contribution >= 0.6 is 0 Å². The van der Waals surface area contributed by atoms with Gasteiger partial charge in [0.2, 0.25) is 0 Å². The first-order chi connectivity index (χ1) is 6.83. The van der Waals surface area contributed by atoms with E-state index in [-0.39, 0.29) is 0 Å². The van der Waals surface area contributed by atoms with Gasteiger partial charge in [0.05, 0.1) is 5.69 Å². The lowest BCUT2D eigenvalue weighted by atomic mass is 10.2. The van der Waals surface area contributed by atoms with Crippen molar-refractivity contribution in [2.24, 2.45) is 0 Å². The molecule has 4 nitrogen and oxygen atoms in total. The van der Waals surface area contributed by atoms with Crippen molar-refractivity contribution in [3.05, 3.63) is 24.2 Å². The molecule has 74 valence electrons. The van der Waals surface area contributed by atoms with E-state index >= 15 is 0 Å². The summed E-state index contributed by atoms with van der Waals surface area (Å²) < 4.78 is 1.96. The van der Waals surface area contributed by atoms with Crippen LogP contribution in [-0.2, 0) is 6.42 Å². The molecule has 2 heterocycles. The molecule has 2 aromatic heterocycles. The molecule has 2 aromatic rings. The SMILES string of the molecule is CCCCc1nnc2c(N)cccn12. The standard InChI is InChI=1S/C10H14N4/c1-2-3-6-9-12-13-10-8(11)5-4-7-14(9)10/h4-5,7H,2-3,6,11H2,1H3. The Hall–Kier alpha value is -1.58. The van der Waals surface area contributed by atoms with Gasteiger partial charge in [0.15, 0.2) is 5.65 Å². The molecule has 0 unspecified atom stereocenters. The van der Waals surface area contributed by atoms with Crippen LogP contribution in [0.2, 0.25) is 0 Å². The summed E-state index contributed by atoms with van der Waals surface area (Å²) in [5.41, 5.74) is 7.22. The smallest absolute Gasteiger partial charge is 0.183 e. The fourth-order valence-electron chi connectivity index (χ4n) is 1.49. The topological polar surface area (TPSA) is 56.2 Å². The molecule has 0 fully saturated rings. The van der Waals surface area contributed by atoms with E-state index in [2.05, 4.69) is 17.1 Å². The third kappa shape index (κ3) is 1.43. The Labute approximate surface area is 82.8 Å². The molecule has 4 heteroatoms. The quantitative estimate of drug-likeness (QED) is 0.800. The summed E-state index contributed by atoms with van der Waals surface area (Å²) in [4.78, 5) is 0. The minimum Gasteiger partial charge on any atom is -0.396 e. The molecule has 0 spiro atoms. The third-order valence-electron chi connectivity index (χ3n) is 2.29. The number of pyridine rings is 1. The monoisotopic (exact) mass is 190 g/mol. The van der Waals surface area contributed by atoms with Crippen LogP contribution in [0.5, 0.6) is 0 Å². The van der Waals surface area contributed by atoms with Crippen LogP contribution in [0, 0.1) is 0 Å². The highest BCUT2D eigenvalue weighted by atomic mass is 15.2. The molecule has 14 heavy (non-hydrogen) atoms. The zero-order chi connectivity index (χ0) is 9.97. The van der Waals surface area contributed by atoms with E-state index in [0.29, 0.717) is 5.69 Å². The summed E-state index contributed by atoms with van der Waals surface area (Å²) in [7, 11) is 0. The molecule has 2 rings (SSSR count). The highest BCUT2D eigenvalue weighted by Gasteiger charge is 2.05. The Kier molecular flexibility index (Phi) is 2.35. The number of fused-ring (bicyclic) bond motifs is 1. The van der Waals surface area contributed by atoms with Crippen molar-refractivity contribution in [3.63, 3.8) is 0 Å². The first kappa shape index (κ1) is 8.99. The predicted molar refractivity (Wildman–Crippen MR) is 56.0 cm³/mol. The number of aryl methyl sites for hydroxylation is 1. The number of aromatic nitrogens is 3. The molecule has 2 N–H and O–H groups in total. The Balaban J connectivity index is 2.42. The maximum absolute atomic E-state index is 5.77. The average molecular weight is 190 g/mol. The van der Waals surface area contributed by atoms with Crippen molar-refractivity contribution in [1.82, 2.24) is 14.6 Å². The lowest BCUT2D eigenvalue weighted by Crippen LogP contribution is -1.96. The number of unbranched alkanes of at least 4 members (excludes halogenated alkanes) is 1. The van der Waals surface area contributed by atoms with Gasteiger partial charge in [0.25, 0.3) is 0 Å². The zero-order valence-corrected chi connectivity index (χ0v) is 8.27. The van der Waals surface area contributed by atoms with Gasteiger partial charge in [-0.3, -0.25) is 4.40 Å². The van der Waals surface area contributed by atoms with Crippen molar-refractivity contribution in [1.29, 1.82) is 0 Å². The Morgan fingerprint density at radius 1 is 1.43 bits per heavy atom. The van der Waals surface area contributed by atoms with Crippen molar-refractivity contribution in [2.75, 3.05) is 5.73 Å². The van der Waals surface area contributed by atoms with Crippen LogP contribution in [0.1, 0.15) is 25.6 Å². The summed E-state index contributed by atoms with van der Waals surface area (Å²) in [6, 6.07) is 3.76. The minimum atomic E-state index is 0.683. The van der Waals surface area contributed by atoms with Crippen LogP contribution in [-0.4, -0.2) is 14.6 Å². The Morgan fingerprint density at radius 3 is 3.07 bits per heavy atom. The van der Waals surface area contributed by atoms with Gasteiger partial charge in [-0.25, -0.2) is 0 Å². The number of nitrogen functional groups attached to an aromatic ring is 1. The van der Waals surface area contributed by atoms with Crippen molar-refractivity contribution in [2.45, 2.75) is 26.2 Å². The molecule has 0 amide bonds. The molecule has 0 aliphatic rings. The molecule has 0 saturated heterocycles. The van der Waals surface area contributed by atoms with Gasteiger partial charge in [-0.1, -0.05) is 13.3 Å². The van der Waals surface area contributed by atoms with E-state index in [1.54, 1.807) is 0 Å². The number of rotatable bonds is 3. The van der Waals surface area contributed by atoms with Crippen LogP contribution in [0.4, 0.5) is 5.69 Å². The predicted octanol–water partition coefficient (Wildman–Crippen LogP) is 1.65. The summed E-state index contributed by atoms with van der Waals surface area (Å²) in [6.07, 6.45) is 5.21. The van der Waals surface area contributed by atoms with E-state index in [1.165, 1.54) is 0 Å². The second-order valence-corrected chi connectivity index (χ2v) is 3.38. The average Bonchev–Trinajstić information content (AvgIpc) is 2.60. The Bertz CT molecular complexity index is 433. The van der Waals surface area contributed by atoms with Crippen molar-refractivity contribution < 1.29 is 0 Å². The second kappa shape index (κ2) is 3.65. The van der Waals surface area contributed by atoms with Crippen LogP contribution < -0.4 is 5.73 Å². The maximum Gasteiger partial charge on any atom is 0.183 e. The maximum atomic E-state index is 5.77. The largest absolute Gasteiger partial charge is 0.396 e. The van der Waals surface area contributed by atoms with Gasteiger partial charge in [0, 0.05) is 12.6 Å². The summed E-state index contributed by atoms with van der Waals surface area (Å²) in [5, 5.41) is 8.19. The lowest BCUT2D eigenvalue weighted by molar-refractivity contribution is 0.743. The normalized spacial score (nSPS) is 10.9. The van der Waals surface area contributed by atoms with E-state index in [0.717, 1.165) is 30.7 Å². The number of nitrogens with two attached hydrogens (primary N) is 1. The van der Waals surface area contributed by atoms with Gasteiger partial charge in [-0.15, -0.1) is 10.2 Å². The van der Waals surface area contributed by atoms with E-state index in [9.17, 15) is 0 Å². The summed E-state index contributed by atoms with van der Waals surface area (Å²) >= 11 is 0. The van der Waals surface area contributed by atoms with Crippen LogP contribution in [0.15, 0.2) is 18.3 Å². The number of anilines is 1. The highest BCUT2D eigenvalue weighted by Crippen LogP contribution is 2.12. The van der Waals surface area contributed by atoms with Crippen molar-refractivity contribution in [3.8, 4) is 0 Å². The van der Waals surface area contributed by atoms with Gasteiger partial charge in [-0.2, -0.15) is 0 Å². The molecule has 0 aromatic carbocycles. The first-order valence-electron chi connectivity index (χ1n) is 4.91. The zero-order valence-electron chi connectivity index (χ0n) is 8.27. The minimum absolute atomic E-state index is 0.683. The van der Waals surface area contributed by atoms with Crippen molar-refractivity contribution >= 4 is 11.3 Å². The molecule has 0 bridgehead atoms. The number of hydrogen-bond donors (Lipinski definition) is 1. The van der Waals surface area contributed by atoms with Gasteiger partial charge in [0.1, 0.15) is 5.82 Å². The van der Waals surface area contributed by atoms with Crippen LogP contribution in [0.3, 0.4) is 0 Å². The second-order valence-electron chi connectivity index (χ2n) is 3.38. The molecule has 0 aliphatic heterocycles. The molecule has 0 saturated carbocycles. The van der Waals surface area contributed by atoms with Gasteiger partial charge in [-0.05, 0) is 18.6 Å².